The SMILES string of the molecule is O=C(O)c1cccc(C(=O)NCC2CC3CCC2C3)n1. The molecule has 20 heavy (non-hydrogen) atoms. The molecule has 1 amide bonds. The monoisotopic (exact) mass is 274 g/mol. The summed E-state index contributed by atoms with van der Waals surface area (Å²) < 4.78 is 0. The molecule has 3 unspecified atom stereocenters. The lowest BCUT2D eigenvalue weighted by Crippen LogP contribution is -2.32. The molecule has 2 saturated carbocycles. The highest BCUT2D eigenvalue weighted by molar-refractivity contribution is 5.94. The molecule has 2 N–H and O–H groups in total. The van der Waals surface area contributed by atoms with Gasteiger partial charge in [-0.15, -0.1) is 0 Å². The Balaban J connectivity index is 1.59. The maximum absolute atomic E-state index is 12.0. The van der Waals surface area contributed by atoms with Gasteiger partial charge in [0.05, 0.1) is 0 Å². The van der Waals surface area contributed by atoms with Gasteiger partial charge in [0.15, 0.2) is 0 Å². The lowest BCUT2D eigenvalue weighted by Gasteiger charge is -2.21. The van der Waals surface area contributed by atoms with Gasteiger partial charge < -0.3 is 10.4 Å². The number of nitrogens with zero attached hydrogens (tertiary/aromatic N) is 1. The second-order valence-electron chi connectivity index (χ2n) is 5.86. The third-order valence-electron chi connectivity index (χ3n) is 4.61. The normalized spacial score (nSPS) is 27.5. The Morgan fingerprint density at radius 3 is 2.70 bits per heavy atom. The molecule has 0 spiro atoms. The number of carboxylic acids is 1. The molecule has 1 aromatic rings. The fourth-order valence-electron chi connectivity index (χ4n) is 3.62. The van der Waals surface area contributed by atoms with Gasteiger partial charge >= 0.3 is 5.97 Å². The summed E-state index contributed by atoms with van der Waals surface area (Å²) in [5, 5.41) is 11.8. The molecule has 3 atom stereocenters. The van der Waals surface area contributed by atoms with Gasteiger partial charge in [0, 0.05) is 6.54 Å². The van der Waals surface area contributed by atoms with Crippen LogP contribution >= 0.6 is 0 Å². The molecule has 0 aromatic carbocycles. The smallest absolute Gasteiger partial charge is 0.354 e. The van der Waals surface area contributed by atoms with Crippen molar-refractivity contribution in [3.05, 3.63) is 29.6 Å². The van der Waals surface area contributed by atoms with Crippen molar-refractivity contribution in [1.29, 1.82) is 0 Å². The van der Waals surface area contributed by atoms with Crippen LogP contribution in [0.4, 0.5) is 0 Å². The van der Waals surface area contributed by atoms with E-state index >= 15 is 0 Å². The molecule has 2 fully saturated rings. The van der Waals surface area contributed by atoms with Crippen molar-refractivity contribution < 1.29 is 14.7 Å². The van der Waals surface area contributed by atoms with Crippen LogP contribution < -0.4 is 5.32 Å². The van der Waals surface area contributed by atoms with Crippen molar-refractivity contribution in [2.75, 3.05) is 6.54 Å². The van der Waals surface area contributed by atoms with Crippen LogP contribution in [0.1, 0.15) is 46.7 Å². The lowest BCUT2D eigenvalue weighted by atomic mass is 9.89. The Morgan fingerprint density at radius 2 is 2.05 bits per heavy atom. The molecule has 2 bridgehead atoms. The van der Waals surface area contributed by atoms with Gasteiger partial charge in [0.2, 0.25) is 0 Å². The van der Waals surface area contributed by atoms with Crippen molar-refractivity contribution in [2.45, 2.75) is 25.7 Å². The molecule has 5 nitrogen and oxygen atoms in total. The summed E-state index contributed by atoms with van der Waals surface area (Å²) in [5.74, 6) is 0.804. The molecule has 2 aliphatic rings. The van der Waals surface area contributed by atoms with Crippen LogP contribution in [0.5, 0.6) is 0 Å². The first-order chi connectivity index (χ1) is 9.63. The van der Waals surface area contributed by atoms with Gasteiger partial charge in [-0.05, 0) is 49.1 Å². The van der Waals surface area contributed by atoms with Crippen LogP contribution in [0.25, 0.3) is 0 Å². The predicted molar refractivity (Wildman–Crippen MR) is 72.5 cm³/mol. The molecule has 2 aliphatic carbocycles. The lowest BCUT2D eigenvalue weighted by molar-refractivity contribution is 0.0690. The van der Waals surface area contributed by atoms with Crippen LogP contribution in [0, 0.1) is 17.8 Å². The minimum atomic E-state index is -1.12. The summed E-state index contributed by atoms with van der Waals surface area (Å²) in [4.78, 5) is 26.7. The molecular weight excluding hydrogens is 256 g/mol. The van der Waals surface area contributed by atoms with E-state index in [2.05, 4.69) is 10.3 Å². The molecule has 3 rings (SSSR count). The van der Waals surface area contributed by atoms with E-state index in [0.29, 0.717) is 12.5 Å². The Kier molecular flexibility index (Phi) is 3.42. The summed E-state index contributed by atoms with van der Waals surface area (Å²) >= 11 is 0. The van der Waals surface area contributed by atoms with E-state index in [1.807, 2.05) is 0 Å². The third kappa shape index (κ3) is 2.53. The van der Waals surface area contributed by atoms with E-state index in [4.69, 9.17) is 5.11 Å². The van der Waals surface area contributed by atoms with Crippen LogP contribution in [-0.2, 0) is 0 Å². The van der Waals surface area contributed by atoms with Crippen LogP contribution in [0.15, 0.2) is 18.2 Å². The Bertz CT molecular complexity index is 544. The van der Waals surface area contributed by atoms with Crippen molar-refractivity contribution in [3.8, 4) is 0 Å². The largest absolute Gasteiger partial charge is 0.477 e. The van der Waals surface area contributed by atoms with Gasteiger partial charge in [0.1, 0.15) is 11.4 Å². The number of hydrogen-bond acceptors (Lipinski definition) is 3. The Hall–Kier alpha value is -1.91. The topological polar surface area (TPSA) is 79.3 Å². The quantitative estimate of drug-likeness (QED) is 0.879. The highest BCUT2D eigenvalue weighted by Gasteiger charge is 2.39. The fraction of sp³-hybridized carbons (Fsp3) is 0.533. The summed E-state index contributed by atoms with van der Waals surface area (Å²) in [5.41, 5.74) is 0.0747. The molecular formula is C15H18N2O3. The van der Waals surface area contributed by atoms with Crippen LogP contribution in [0.2, 0.25) is 0 Å². The zero-order valence-electron chi connectivity index (χ0n) is 11.2. The number of carbonyl (C=O) groups excluding carboxylic acids is 1. The van der Waals surface area contributed by atoms with Gasteiger partial charge in [-0.2, -0.15) is 0 Å². The second-order valence-corrected chi connectivity index (χ2v) is 5.86. The first kappa shape index (κ1) is 13.1. The predicted octanol–water partition coefficient (Wildman–Crippen LogP) is 1.95. The molecule has 0 saturated heterocycles. The maximum Gasteiger partial charge on any atom is 0.354 e. The fourth-order valence-corrected chi connectivity index (χ4v) is 3.62. The Morgan fingerprint density at radius 1 is 1.25 bits per heavy atom. The van der Waals surface area contributed by atoms with Crippen LogP contribution in [0.3, 0.4) is 0 Å². The molecule has 1 aromatic heterocycles. The number of hydrogen-bond donors (Lipinski definition) is 2. The number of aromatic carboxylic acids is 1. The van der Waals surface area contributed by atoms with E-state index in [-0.39, 0.29) is 17.3 Å². The number of nitrogens with one attached hydrogen (secondary N) is 1. The first-order valence-corrected chi connectivity index (χ1v) is 7.12. The van der Waals surface area contributed by atoms with Crippen molar-refractivity contribution >= 4 is 11.9 Å². The van der Waals surface area contributed by atoms with E-state index in [0.717, 1.165) is 11.8 Å². The van der Waals surface area contributed by atoms with Crippen molar-refractivity contribution in [2.24, 2.45) is 17.8 Å². The molecule has 0 radical (unpaired) electrons. The van der Waals surface area contributed by atoms with E-state index in [9.17, 15) is 9.59 Å². The first-order valence-electron chi connectivity index (χ1n) is 7.12. The zero-order chi connectivity index (χ0) is 14.1. The van der Waals surface area contributed by atoms with Crippen LogP contribution in [-0.4, -0.2) is 28.5 Å². The molecule has 1 heterocycles. The zero-order valence-corrected chi connectivity index (χ0v) is 11.2. The number of carboxylic acid groups (broad SMARTS) is 1. The number of carbonyl (C=O) groups is 2. The van der Waals surface area contributed by atoms with Gasteiger partial charge in [0.25, 0.3) is 5.91 Å². The number of rotatable bonds is 4. The van der Waals surface area contributed by atoms with E-state index in [1.54, 1.807) is 12.1 Å². The molecule has 106 valence electrons. The second kappa shape index (κ2) is 5.23. The minimum absolute atomic E-state index is 0.0995. The maximum atomic E-state index is 12.0. The van der Waals surface area contributed by atoms with Crippen molar-refractivity contribution in [1.82, 2.24) is 10.3 Å². The third-order valence-corrected chi connectivity index (χ3v) is 4.61. The summed E-state index contributed by atoms with van der Waals surface area (Å²) in [6.45, 7) is 0.680. The number of amides is 1. The summed E-state index contributed by atoms with van der Waals surface area (Å²) in [6, 6.07) is 4.47. The van der Waals surface area contributed by atoms with Gasteiger partial charge in [-0.3, -0.25) is 4.79 Å². The highest BCUT2D eigenvalue weighted by Crippen LogP contribution is 2.47. The number of pyridine rings is 1. The van der Waals surface area contributed by atoms with E-state index < -0.39 is 5.97 Å². The average molecular weight is 274 g/mol. The molecule has 5 heteroatoms. The van der Waals surface area contributed by atoms with Gasteiger partial charge in [-0.1, -0.05) is 12.5 Å². The number of fused-ring (bicyclic) bond motifs is 2. The van der Waals surface area contributed by atoms with Gasteiger partial charge in [-0.25, -0.2) is 9.78 Å². The standard InChI is InChI=1S/C15H18N2O3/c18-14(12-2-1-3-13(17-12)15(19)20)16-8-11-7-9-4-5-10(11)6-9/h1-3,9-11H,4-8H2,(H,16,18)(H,19,20). The Labute approximate surface area is 117 Å². The minimum Gasteiger partial charge on any atom is -0.477 e. The molecule has 0 aliphatic heterocycles. The van der Waals surface area contributed by atoms with E-state index in [1.165, 1.54) is 31.7 Å². The highest BCUT2D eigenvalue weighted by atomic mass is 16.4. The average Bonchev–Trinajstić information content (AvgIpc) is 3.07. The number of aromatic nitrogens is 1. The van der Waals surface area contributed by atoms with Crippen molar-refractivity contribution in [3.63, 3.8) is 0 Å². The summed E-state index contributed by atoms with van der Waals surface area (Å²) in [6.07, 6.45) is 5.16. The summed E-state index contributed by atoms with van der Waals surface area (Å²) in [7, 11) is 0.